The van der Waals surface area contributed by atoms with Crippen LogP contribution in [0.4, 0.5) is 0 Å². The minimum absolute atomic E-state index is 0.00338. The molecule has 0 saturated carbocycles. The maximum atomic E-state index is 13.3. The summed E-state index contributed by atoms with van der Waals surface area (Å²) in [4.78, 5) is 66.5. The van der Waals surface area contributed by atoms with Gasteiger partial charge >= 0.3 is 17.9 Å². The molecule has 2 amide bonds. The van der Waals surface area contributed by atoms with E-state index in [4.69, 9.17) is 23.7 Å². The minimum Gasteiger partial charge on any atom is -0.459 e. The second-order valence-electron chi connectivity index (χ2n) is 15.0. The smallest absolute Gasteiger partial charge is 0.317 e. The predicted molar refractivity (Wildman–Crippen MR) is 177 cm³/mol. The first-order chi connectivity index (χ1) is 23.6. The Balaban J connectivity index is 0.000000181. The molecule has 12 heteroatoms. The van der Waals surface area contributed by atoms with Crippen LogP contribution < -0.4 is 0 Å². The van der Waals surface area contributed by atoms with Crippen LogP contribution in [0.2, 0.25) is 0 Å². The molecule has 0 N–H and O–H groups in total. The van der Waals surface area contributed by atoms with Gasteiger partial charge in [0.15, 0.2) is 0 Å². The van der Waals surface area contributed by atoms with Crippen LogP contribution >= 0.6 is 0 Å². The number of hydrogen-bond acceptors (Lipinski definition) is 10. The van der Waals surface area contributed by atoms with Gasteiger partial charge in [0.2, 0.25) is 24.4 Å². The summed E-state index contributed by atoms with van der Waals surface area (Å²) in [5, 5.41) is 0. The maximum absolute atomic E-state index is 13.3. The quantitative estimate of drug-likeness (QED) is 0.318. The molecule has 0 aliphatic carbocycles. The van der Waals surface area contributed by atoms with Gasteiger partial charge in [-0.25, -0.2) is 0 Å². The molecule has 2 bridgehead atoms. The van der Waals surface area contributed by atoms with Crippen LogP contribution in [0.3, 0.4) is 0 Å². The van der Waals surface area contributed by atoms with E-state index in [-0.39, 0.29) is 56.0 Å². The van der Waals surface area contributed by atoms with Crippen molar-refractivity contribution < 1.29 is 47.7 Å². The van der Waals surface area contributed by atoms with Gasteiger partial charge in [-0.2, -0.15) is 0 Å². The van der Waals surface area contributed by atoms with Crippen molar-refractivity contribution in [3.8, 4) is 0 Å². The second-order valence-corrected chi connectivity index (χ2v) is 15.0. The summed E-state index contributed by atoms with van der Waals surface area (Å²) in [6, 6.07) is 19.3. The highest BCUT2D eigenvalue weighted by Crippen LogP contribution is 2.52. The summed E-state index contributed by atoms with van der Waals surface area (Å²) < 4.78 is 27.2. The number of ether oxygens (including phenoxy) is 5. The van der Waals surface area contributed by atoms with Gasteiger partial charge in [0, 0.05) is 32.9 Å². The molecule has 50 heavy (non-hydrogen) atoms. The Kier molecular flexibility index (Phi) is 9.55. The number of carbonyl (C=O) groups excluding carboxylic acids is 5. The lowest BCUT2D eigenvalue weighted by atomic mass is 9.73. The van der Waals surface area contributed by atoms with E-state index in [1.165, 1.54) is 6.92 Å². The second kappa shape index (κ2) is 13.4. The molecular formula is C38H46N2O10. The molecule has 268 valence electrons. The number of hydrogen-bond donors (Lipinski definition) is 0. The van der Waals surface area contributed by atoms with Crippen molar-refractivity contribution >= 4 is 29.7 Å². The van der Waals surface area contributed by atoms with Crippen LogP contribution in [0.1, 0.15) is 77.6 Å². The molecule has 0 radical (unpaired) electrons. The third-order valence-corrected chi connectivity index (χ3v) is 10.6. The normalized spacial score (nSPS) is 31.1. The number of benzene rings is 2. The van der Waals surface area contributed by atoms with Gasteiger partial charge in [-0.3, -0.25) is 24.0 Å². The van der Waals surface area contributed by atoms with Crippen molar-refractivity contribution in [3.05, 3.63) is 71.8 Å². The van der Waals surface area contributed by atoms with Crippen LogP contribution in [0.25, 0.3) is 0 Å². The largest absolute Gasteiger partial charge is 0.459 e. The Morgan fingerprint density at radius 3 is 1.90 bits per heavy atom. The van der Waals surface area contributed by atoms with Crippen molar-refractivity contribution in [3.63, 3.8) is 0 Å². The molecule has 2 aromatic carbocycles. The average Bonchev–Trinajstić information content (AvgIpc) is 3.65. The molecule has 5 aliphatic rings. The number of fused-ring (bicyclic) bond motifs is 2. The first-order valence-corrected chi connectivity index (χ1v) is 17.2. The summed E-state index contributed by atoms with van der Waals surface area (Å²) in [6.45, 7) is 11.5. The van der Waals surface area contributed by atoms with Gasteiger partial charge < -0.3 is 33.5 Å². The Bertz CT molecular complexity index is 1630. The molecule has 1 spiro atoms. The number of amides is 2. The lowest BCUT2D eigenvalue weighted by Crippen LogP contribution is -2.51. The molecule has 5 heterocycles. The predicted octanol–water partition coefficient (Wildman–Crippen LogP) is 4.34. The van der Waals surface area contributed by atoms with E-state index in [1.54, 1.807) is 30.6 Å². The first-order valence-electron chi connectivity index (χ1n) is 17.2. The van der Waals surface area contributed by atoms with Crippen LogP contribution in [0.5, 0.6) is 0 Å². The fourth-order valence-electron chi connectivity index (χ4n) is 7.86. The molecule has 12 nitrogen and oxygen atoms in total. The number of esters is 3. The lowest BCUT2D eigenvalue weighted by molar-refractivity contribution is -0.218. The fourth-order valence-corrected chi connectivity index (χ4v) is 7.86. The van der Waals surface area contributed by atoms with E-state index < -0.39 is 52.8 Å². The molecular weight excluding hydrogens is 644 g/mol. The highest BCUT2D eigenvalue weighted by Gasteiger charge is 2.66. The van der Waals surface area contributed by atoms with Crippen LogP contribution in [-0.4, -0.2) is 84.0 Å². The molecule has 2 unspecified atom stereocenters. The van der Waals surface area contributed by atoms with E-state index in [2.05, 4.69) is 0 Å². The van der Waals surface area contributed by atoms with Gasteiger partial charge in [-0.1, -0.05) is 60.7 Å². The molecule has 5 aliphatic heterocycles. The van der Waals surface area contributed by atoms with E-state index in [0.717, 1.165) is 11.1 Å². The first kappa shape index (κ1) is 35.5. The highest BCUT2D eigenvalue weighted by molar-refractivity contribution is 5.94. The topological polar surface area (TPSA) is 138 Å². The summed E-state index contributed by atoms with van der Waals surface area (Å²) in [5.41, 5.74) is -0.455. The van der Waals surface area contributed by atoms with Crippen molar-refractivity contribution in [2.24, 2.45) is 22.7 Å². The minimum atomic E-state index is -1.12. The number of nitrogens with zero attached hydrogens (tertiary/aromatic N) is 2. The third kappa shape index (κ3) is 6.51. The number of likely N-dealkylation sites (tertiary alicyclic amines) is 2. The Labute approximate surface area is 292 Å². The van der Waals surface area contributed by atoms with E-state index >= 15 is 0 Å². The number of carbonyl (C=O) groups is 5. The number of rotatable bonds is 6. The highest BCUT2D eigenvalue weighted by atomic mass is 16.7. The van der Waals surface area contributed by atoms with Gasteiger partial charge in [0.1, 0.15) is 16.4 Å². The van der Waals surface area contributed by atoms with E-state index in [1.807, 2.05) is 74.5 Å². The van der Waals surface area contributed by atoms with Crippen molar-refractivity contribution in [1.29, 1.82) is 0 Å². The SMILES string of the molecule is CC(=O)OC1C[C@@]2(C(=O)OC(C)(C)C)CN([C@H](C)c3ccccc3)C(=O)[C@@H]2CO1.C[C@H](c1ccccc1)N1C[C@]23CC(OC[C@H]2C1=O)OC3=O. The van der Waals surface area contributed by atoms with Gasteiger partial charge in [0.05, 0.1) is 37.1 Å². The zero-order valence-electron chi connectivity index (χ0n) is 29.5. The summed E-state index contributed by atoms with van der Waals surface area (Å²) >= 11 is 0. The van der Waals surface area contributed by atoms with Crippen molar-refractivity contribution in [2.45, 2.75) is 84.6 Å². The van der Waals surface area contributed by atoms with Crippen molar-refractivity contribution in [2.75, 3.05) is 26.3 Å². The van der Waals surface area contributed by atoms with Crippen molar-refractivity contribution in [1.82, 2.24) is 9.80 Å². The summed E-state index contributed by atoms with van der Waals surface area (Å²) in [6.07, 6.45) is -0.750. The summed E-state index contributed by atoms with van der Waals surface area (Å²) in [7, 11) is 0. The monoisotopic (exact) mass is 690 g/mol. The van der Waals surface area contributed by atoms with E-state index in [9.17, 15) is 24.0 Å². The van der Waals surface area contributed by atoms with Gasteiger partial charge in [0.25, 0.3) is 0 Å². The standard InChI is InChI=1S/C22H29NO6.C16H17NO4/c1-14(16-9-7-6-8-10-16)23-13-22(20(26)29-21(3,4)5)11-18(28-15(2)24)27-12-17(22)19(23)25;1-10(11-5-3-2-4-6-11)17-9-16-7-13(21-15(16)19)20-8-12(16)14(17)18/h6-10,14,17-18H,11-13H2,1-5H3;2-6,10,12-13H,7-9H2,1H3/t14-,17+,18?,22-;10-,12+,13?,16-/m11/s1. The Morgan fingerprint density at radius 2 is 1.34 bits per heavy atom. The maximum Gasteiger partial charge on any atom is 0.317 e. The molecule has 5 saturated heterocycles. The Morgan fingerprint density at radius 1 is 0.800 bits per heavy atom. The van der Waals surface area contributed by atoms with E-state index in [0.29, 0.717) is 13.0 Å². The van der Waals surface area contributed by atoms with Crippen LogP contribution in [0.15, 0.2) is 60.7 Å². The summed E-state index contributed by atoms with van der Waals surface area (Å²) in [5.74, 6) is -2.42. The lowest BCUT2D eigenvalue weighted by Gasteiger charge is -2.39. The molecule has 2 aromatic rings. The fraction of sp³-hybridized carbons (Fsp3) is 0.553. The third-order valence-electron chi connectivity index (χ3n) is 10.6. The zero-order valence-corrected chi connectivity index (χ0v) is 29.5. The average molecular weight is 691 g/mol. The van der Waals surface area contributed by atoms with Gasteiger partial charge in [-0.15, -0.1) is 0 Å². The van der Waals surface area contributed by atoms with Gasteiger partial charge in [-0.05, 0) is 45.7 Å². The molecule has 8 atom stereocenters. The molecule has 0 aromatic heterocycles. The van der Waals surface area contributed by atoms with Crippen LogP contribution in [-0.2, 0) is 47.7 Å². The zero-order chi connectivity index (χ0) is 36.0. The molecule has 5 fully saturated rings. The Hall–Kier alpha value is -4.29. The van der Waals surface area contributed by atoms with Crippen LogP contribution in [0, 0.1) is 22.7 Å². The molecule has 7 rings (SSSR count).